The molecule has 0 aliphatic rings. The lowest BCUT2D eigenvalue weighted by atomic mass is 10.0. The van der Waals surface area contributed by atoms with Crippen molar-refractivity contribution in [1.82, 2.24) is 5.32 Å². The largest absolute Gasteiger partial charge is 0.370 e. The predicted octanol–water partition coefficient (Wildman–Crippen LogP) is 2.56. The summed E-state index contributed by atoms with van der Waals surface area (Å²) in [5.41, 5.74) is 7.75. The normalized spacial score (nSPS) is 10.8. The minimum atomic E-state index is -0.209. The third kappa shape index (κ3) is 5.82. The fourth-order valence-electron chi connectivity index (χ4n) is 1.80. The van der Waals surface area contributed by atoms with E-state index >= 15 is 0 Å². The Kier molecular flexibility index (Phi) is 6.44. The summed E-state index contributed by atoms with van der Waals surface area (Å²) in [6.07, 6.45) is 2.35. The first-order chi connectivity index (χ1) is 8.59. The standard InChI is InChI=1S/C15H24N2O/c1-12(2)14-8-6-13(7-9-14)11-17-10-4-3-5-15(16)18/h6-9,12,17H,3-5,10-11H2,1-2H3,(H2,16,18). The van der Waals surface area contributed by atoms with Crippen molar-refractivity contribution in [2.45, 2.75) is 45.6 Å². The van der Waals surface area contributed by atoms with Crippen LogP contribution >= 0.6 is 0 Å². The van der Waals surface area contributed by atoms with E-state index in [1.54, 1.807) is 0 Å². The second-order valence-electron chi connectivity index (χ2n) is 5.00. The van der Waals surface area contributed by atoms with E-state index in [1.165, 1.54) is 11.1 Å². The van der Waals surface area contributed by atoms with Crippen LogP contribution in [0.5, 0.6) is 0 Å². The fraction of sp³-hybridized carbons (Fsp3) is 0.533. The fourth-order valence-corrected chi connectivity index (χ4v) is 1.80. The van der Waals surface area contributed by atoms with Crippen LogP contribution in [0.1, 0.15) is 50.2 Å². The molecule has 0 aliphatic carbocycles. The van der Waals surface area contributed by atoms with Crippen LogP contribution in [0.15, 0.2) is 24.3 Å². The zero-order valence-corrected chi connectivity index (χ0v) is 11.4. The van der Waals surface area contributed by atoms with Gasteiger partial charge in [0, 0.05) is 13.0 Å². The van der Waals surface area contributed by atoms with Crippen molar-refractivity contribution in [3.63, 3.8) is 0 Å². The number of unbranched alkanes of at least 4 members (excludes halogenated alkanes) is 1. The molecule has 0 aliphatic heterocycles. The minimum Gasteiger partial charge on any atom is -0.370 e. The Balaban J connectivity index is 2.17. The molecule has 100 valence electrons. The van der Waals surface area contributed by atoms with Gasteiger partial charge in [0.05, 0.1) is 0 Å². The molecular formula is C15H24N2O. The number of rotatable bonds is 8. The Labute approximate surface area is 110 Å². The van der Waals surface area contributed by atoms with Gasteiger partial charge in [0.25, 0.3) is 0 Å². The zero-order chi connectivity index (χ0) is 13.4. The van der Waals surface area contributed by atoms with E-state index in [1.807, 2.05) is 0 Å². The number of amides is 1. The second-order valence-corrected chi connectivity index (χ2v) is 5.00. The highest BCUT2D eigenvalue weighted by molar-refractivity contribution is 5.73. The number of nitrogens with one attached hydrogen (secondary N) is 1. The lowest BCUT2D eigenvalue weighted by Crippen LogP contribution is -2.16. The molecule has 0 unspecified atom stereocenters. The maximum atomic E-state index is 10.5. The highest BCUT2D eigenvalue weighted by Gasteiger charge is 1.99. The maximum Gasteiger partial charge on any atom is 0.217 e. The molecule has 0 atom stereocenters. The van der Waals surface area contributed by atoms with E-state index in [4.69, 9.17) is 5.73 Å². The van der Waals surface area contributed by atoms with Crippen LogP contribution in [0.3, 0.4) is 0 Å². The van der Waals surface area contributed by atoms with Gasteiger partial charge in [-0.2, -0.15) is 0 Å². The van der Waals surface area contributed by atoms with Crippen LogP contribution in [0.25, 0.3) is 0 Å². The van der Waals surface area contributed by atoms with Crippen LogP contribution in [0.4, 0.5) is 0 Å². The molecule has 0 heterocycles. The second kappa shape index (κ2) is 7.88. The first-order valence-electron chi connectivity index (χ1n) is 6.67. The van der Waals surface area contributed by atoms with Crippen LogP contribution in [0, 0.1) is 0 Å². The van der Waals surface area contributed by atoms with Crippen LogP contribution in [-0.2, 0) is 11.3 Å². The molecule has 1 rings (SSSR count). The van der Waals surface area contributed by atoms with Crippen LogP contribution in [-0.4, -0.2) is 12.5 Å². The Morgan fingerprint density at radius 3 is 2.44 bits per heavy atom. The van der Waals surface area contributed by atoms with Crippen molar-refractivity contribution in [3.05, 3.63) is 35.4 Å². The van der Waals surface area contributed by atoms with Crippen molar-refractivity contribution in [2.75, 3.05) is 6.54 Å². The Bertz CT molecular complexity index is 357. The molecule has 3 N–H and O–H groups in total. The summed E-state index contributed by atoms with van der Waals surface area (Å²) >= 11 is 0. The SMILES string of the molecule is CC(C)c1ccc(CNCCCCC(N)=O)cc1. The summed E-state index contributed by atoms with van der Waals surface area (Å²) in [6.45, 7) is 6.21. The Morgan fingerprint density at radius 1 is 1.22 bits per heavy atom. The highest BCUT2D eigenvalue weighted by atomic mass is 16.1. The van der Waals surface area contributed by atoms with E-state index < -0.39 is 0 Å². The Morgan fingerprint density at radius 2 is 1.89 bits per heavy atom. The van der Waals surface area contributed by atoms with Crippen molar-refractivity contribution in [1.29, 1.82) is 0 Å². The van der Waals surface area contributed by atoms with E-state index in [-0.39, 0.29) is 5.91 Å². The molecule has 0 fully saturated rings. The van der Waals surface area contributed by atoms with E-state index in [2.05, 4.69) is 43.4 Å². The molecule has 3 nitrogen and oxygen atoms in total. The first-order valence-corrected chi connectivity index (χ1v) is 6.67. The van der Waals surface area contributed by atoms with Gasteiger partial charge in [-0.3, -0.25) is 4.79 Å². The first kappa shape index (κ1) is 14.7. The molecular weight excluding hydrogens is 224 g/mol. The average molecular weight is 248 g/mol. The van der Waals surface area contributed by atoms with Gasteiger partial charge in [-0.15, -0.1) is 0 Å². The molecule has 0 radical (unpaired) electrons. The van der Waals surface area contributed by atoms with E-state index in [9.17, 15) is 4.79 Å². The molecule has 3 heteroatoms. The van der Waals surface area contributed by atoms with Gasteiger partial charge in [0.1, 0.15) is 0 Å². The number of carbonyl (C=O) groups excluding carboxylic acids is 1. The van der Waals surface area contributed by atoms with Crippen molar-refractivity contribution in [3.8, 4) is 0 Å². The third-order valence-corrected chi connectivity index (χ3v) is 3.00. The number of primary amides is 1. The van der Waals surface area contributed by atoms with E-state index in [0.717, 1.165) is 25.9 Å². The average Bonchev–Trinajstić information content (AvgIpc) is 2.34. The van der Waals surface area contributed by atoms with Crippen molar-refractivity contribution in [2.24, 2.45) is 5.73 Å². The maximum absolute atomic E-state index is 10.5. The molecule has 0 aromatic heterocycles. The lowest BCUT2D eigenvalue weighted by molar-refractivity contribution is -0.118. The van der Waals surface area contributed by atoms with Gasteiger partial charge in [0.15, 0.2) is 0 Å². The van der Waals surface area contributed by atoms with Gasteiger partial charge in [0.2, 0.25) is 5.91 Å². The summed E-state index contributed by atoms with van der Waals surface area (Å²) in [6, 6.07) is 8.72. The van der Waals surface area contributed by atoms with Gasteiger partial charge in [-0.1, -0.05) is 38.1 Å². The Hall–Kier alpha value is -1.35. The summed E-state index contributed by atoms with van der Waals surface area (Å²) in [5.74, 6) is 0.375. The third-order valence-electron chi connectivity index (χ3n) is 3.00. The molecule has 1 aromatic carbocycles. The minimum absolute atomic E-state index is 0.209. The molecule has 0 bridgehead atoms. The summed E-state index contributed by atoms with van der Waals surface area (Å²) < 4.78 is 0. The van der Waals surface area contributed by atoms with Gasteiger partial charge in [-0.25, -0.2) is 0 Å². The predicted molar refractivity (Wildman–Crippen MR) is 75.3 cm³/mol. The molecule has 1 amide bonds. The van der Waals surface area contributed by atoms with Gasteiger partial charge >= 0.3 is 0 Å². The molecule has 18 heavy (non-hydrogen) atoms. The topological polar surface area (TPSA) is 55.1 Å². The lowest BCUT2D eigenvalue weighted by Gasteiger charge is -2.08. The van der Waals surface area contributed by atoms with Crippen LogP contribution < -0.4 is 11.1 Å². The monoisotopic (exact) mass is 248 g/mol. The molecule has 1 aromatic rings. The molecule has 0 spiro atoms. The summed E-state index contributed by atoms with van der Waals surface area (Å²) in [7, 11) is 0. The van der Waals surface area contributed by atoms with Gasteiger partial charge < -0.3 is 11.1 Å². The number of hydrogen-bond donors (Lipinski definition) is 2. The zero-order valence-electron chi connectivity index (χ0n) is 11.4. The van der Waals surface area contributed by atoms with Crippen molar-refractivity contribution >= 4 is 5.91 Å². The number of carbonyl (C=O) groups is 1. The summed E-state index contributed by atoms with van der Waals surface area (Å²) in [5, 5.41) is 3.37. The molecule has 0 saturated carbocycles. The van der Waals surface area contributed by atoms with Crippen LogP contribution in [0.2, 0.25) is 0 Å². The highest BCUT2D eigenvalue weighted by Crippen LogP contribution is 2.14. The quantitative estimate of drug-likeness (QED) is 0.695. The number of benzene rings is 1. The number of hydrogen-bond acceptors (Lipinski definition) is 2. The van der Waals surface area contributed by atoms with E-state index in [0.29, 0.717) is 12.3 Å². The smallest absolute Gasteiger partial charge is 0.217 e. The van der Waals surface area contributed by atoms with Crippen molar-refractivity contribution < 1.29 is 4.79 Å². The van der Waals surface area contributed by atoms with Gasteiger partial charge in [-0.05, 0) is 36.4 Å². The molecule has 0 saturated heterocycles. The summed E-state index contributed by atoms with van der Waals surface area (Å²) in [4.78, 5) is 10.5. The number of nitrogens with two attached hydrogens (primary N) is 1.